The van der Waals surface area contributed by atoms with E-state index in [-0.39, 0.29) is 5.38 Å². The van der Waals surface area contributed by atoms with Crippen molar-refractivity contribution in [3.8, 4) is 11.8 Å². The zero-order chi connectivity index (χ0) is 8.81. The van der Waals surface area contributed by atoms with Crippen LogP contribution in [0.25, 0.3) is 0 Å². The molecule has 0 fully saturated rings. The maximum atomic E-state index is 5.71. The Morgan fingerprint density at radius 1 is 1.25 bits per heavy atom. The molecular formula is C10H8Cl2. The summed E-state index contributed by atoms with van der Waals surface area (Å²) in [5.74, 6) is 6.12. The number of alkyl halides is 2. The van der Waals surface area contributed by atoms with Crippen molar-refractivity contribution >= 4 is 23.2 Å². The van der Waals surface area contributed by atoms with Crippen molar-refractivity contribution in [1.82, 2.24) is 0 Å². The van der Waals surface area contributed by atoms with Crippen LogP contribution < -0.4 is 0 Å². The first-order valence-electron chi connectivity index (χ1n) is 3.59. The monoisotopic (exact) mass is 198 g/mol. The van der Waals surface area contributed by atoms with Crippen molar-refractivity contribution in [2.45, 2.75) is 5.38 Å². The molecule has 0 saturated heterocycles. The topological polar surface area (TPSA) is 0 Å². The molecule has 0 aliphatic heterocycles. The lowest BCUT2D eigenvalue weighted by Gasteiger charge is -1.90. The summed E-state index contributed by atoms with van der Waals surface area (Å²) >= 11 is 11.2. The summed E-state index contributed by atoms with van der Waals surface area (Å²) < 4.78 is 0. The first-order chi connectivity index (χ1) is 5.83. The minimum absolute atomic E-state index is 0.258. The van der Waals surface area contributed by atoms with Gasteiger partial charge in [0.15, 0.2) is 0 Å². The smallest absolute Gasteiger partial charge is 0.108 e. The van der Waals surface area contributed by atoms with E-state index >= 15 is 0 Å². The summed E-state index contributed by atoms with van der Waals surface area (Å²) in [5, 5.41) is -0.258. The van der Waals surface area contributed by atoms with Gasteiger partial charge in [0.05, 0.1) is 0 Å². The highest BCUT2D eigenvalue weighted by molar-refractivity contribution is 6.29. The van der Waals surface area contributed by atoms with Crippen LogP contribution in [0.4, 0.5) is 0 Å². The van der Waals surface area contributed by atoms with Crippen LogP contribution in [0.2, 0.25) is 0 Å². The highest BCUT2D eigenvalue weighted by Crippen LogP contribution is 1.99. The van der Waals surface area contributed by atoms with Gasteiger partial charge in [0.1, 0.15) is 5.38 Å². The molecule has 0 aliphatic rings. The standard InChI is InChI=1S/C10H8Cl2/c11-8-10(12)7-6-9-4-2-1-3-5-9/h1-5,10H,8H2. The summed E-state index contributed by atoms with van der Waals surface area (Å²) in [4.78, 5) is 0. The summed E-state index contributed by atoms with van der Waals surface area (Å²) in [5.41, 5.74) is 0.966. The fourth-order valence-corrected chi connectivity index (χ4v) is 0.853. The Kier molecular flexibility index (Phi) is 4.00. The maximum Gasteiger partial charge on any atom is 0.108 e. The van der Waals surface area contributed by atoms with E-state index in [0.29, 0.717) is 5.88 Å². The lowest BCUT2D eigenvalue weighted by molar-refractivity contribution is 1.29. The van der Waals surface area contributed by atoms with Gasteiger partial charge in [-0.1, -0.05) is 30.0 Å². The summed E-state index contributed by atoms with van der Waals surface area (Å²) in [7, 11) is 0. The van der Waals surface area contributed by atoms with Crippen LogP contribution in [-0.2, 0) is 0 Å². The molecule has 0 spiro atoms. The van der Waals surface area contributed by atoms with E-state index in [1.165, 1.54) is 0 Å². The third-order valence-corrected chi connectivity index (χ3v) is 2.01. The average molecular weight is 199 g/mol. The molecule has 0 heterocycles. The molecule has 1 rings (SSSR count). The minimum Gasteiger partial charge on any atom is -0.124 e. The normalized spacial score (nSPS) is 11.5. The van der Waals surface area contributed by atoms with Gasteiger partial charge in [0.2, 0.25) is 0 Å². The van der Waals surface area contributed by atoms with Crippen LogP contribution in [0.5, 0.6) is 0 Å². The van der Waals surface area contributed by atoms with Gasteiger partial charge < -0.3 is 0 Å². The van der Waals surface area contributed by atoms with Gasteiger partial charge in [-0.2, -0.15) is 0 Å². The predicted octanol–water partition coefficient (Wildman–Crippen LogP) is 2.88. The number of hydrogen-bond donors (Lipinski definition) is 0. The first kappa shape index (κ1) is 9.45. The number of rotatable bonds is 1. The molecule has 12 heavy (non-hydrogen) atoms. The SMILES string of the molecule is ClCC(Cl)C#Cc1ccccc1. The number of benzene rings is 1. The van der Waals surface area contributed by atoms with Crippen molar-refractivity contribution < 1.29 is 0 Å². The predicted molar refractivity (Wildman–Crippen MR) is 53.7 cm³/mol. The molecule has 0 amide bonds. The first-order valence-corrected chi connectivity index (χ1v) is 4.56. The summed E-state index contributed by atoms with van der Waals surface area (Å²) in [6.45, 7) is 0. The van der Waals surface area contributed by atoms with E-state index in [1.807, 2.05) is 30.3 Å². The van der Waals surface area contributed by atoms with Gasteiger partial charge in [-0.3, -0.25) is 0 Å². The molecule has 1 aromatic carbocycles. The van der Waals surface area contributed by atoms with E-state index in [0.717, 1.165) is 5.56 Å². The zero-order valence-corrected chi connectivity index (χ0v) is 7.94. The quantitative estimate of drug-likeness (QED) is 0.481. The van der Waals surface area contributed by atoms with E-state index in [9.17, 15) is 0 Å². The largest absolute Gasteiger partial charge is 0.124 e. The van der Waals surface area contributed by atoms with E-state index < -0.39 is 0 Å². The molecule has 0 nitrogen and oxygen atoms in total. The lowest BCUT2D eigenvalue weighted by atomic mass is 10.2. The summed E-state index contributed by atoms with van der Waals surface area (Å²) in [6.07, 6.45) is 0. The molecule has 0 N–H and O–H groups in total. The van der Waals surface area contributed by atoms with Crippen LogP contribution in [0.15, 0.2) is 30.3 Å². The molecule has 0 saturated carbocycles. The van der Waals surface area contributed by atoms with Gasteiger partial charge in [0, 0.05) is 11.4 Å². The van der Waals surface area contributed by atoms with E-state index in [4.69, 9.17) is 23.2 Å². The summed E-state index contributed by atoms with van der Waals surface area (Å²) in [6, 6.07) is 9.70. The Bertz CT molecular complexity index is 282. The second-order valence-electron chi connectivity index (χ2n) is 2.26. The molecular weight excluding hydrogens is 191 g/mol. The van der Waals surface area contributed by atoms with Gasteiger partial charge >= 0.3 is 0 Å². The van der Waals surface area contributed by atoms with Crippen molar-refractivity contribution in [2.75, 3.05) is 5.88 Å². The molecule has 0 radical (unpaired) electrons. The fraction of sp³-hybridized carbons (Fsp3) is 0.200. The molecule has 2 heteroatoms. The van der Waals surface area contributed by atoms with Crippen molar-refractivity contribution in [3.63, 3.8) is 0 Å². The second-order valence-corrected chi connectivity index (χ2v) is 3.09. The van der Waals surface area contributed by atoms with Crippen molar-refractivity contribution in [1.29, 1.82) is 0 Å². The van der Waals surface area contributed by atoms with Crippen molar-refractivity contribution in [3.05, 3.63) is 35.9 Å². The highest BCUT2D eigenvalue weighted by atomic mass is 35.5. The van der Waals surface area contributed by atoms with Crippen LogP contribution in [0, 0.1) is 11.8 Å². The van der Waals surface area contributed by atoms with E-state index in [1.54, 1.807) is 0 Å². The Labute approximate surface area is 82.5 Å². The Hall–Kier alpha value is -0.640. The molecule has 0 aromatic heterocycles. The third-order valence-electron chi connectivity index (χ3n) is 1.28. The molecule has 1 unspecified atom stereocenters. The van der Waals surface area contributed by atoms with Gasteiger partial charge in [-0.05, 0) is 12.1 Å². The number of hydrogen-bond acceptors (Lipinski definition) is 0. The van der Waals surface area contributed by atoms with Gasteiger partial charge in [0.25, 0.3) is 0 Å². The molecule has 0 bridgehead atoms. The molecule has 62 valence electrons. The van der Waals surface area contributed by atoms with E-state index in [2.05, 4.69) is 11.8 Å². The maximum absolute atomic E-state index is 5.71. The van der Waals surface area contributed by atoms with Crippen LogP contribution in [0.3, 0.4) is 0 Å². The fourth-order valence-electron chi connectivity index (χ4n) is 0.722. The highest BCUT2D eigenvalue weighted by Gasteiger charge is 1.93. The van der Waals surface area contributed by atoms with Gasteiger partial charge in [-0.15, -0.1) is 23.2 Å². The van der Waals surface area contributed by atoms with Gasteiger partial charge in [-0.25, -0.2) is 0 Å². The molecule has 0 aliphatic carbocycles. The molecule has 1 atom stereocenters. The van der Waals surface area contributed by atoms with Crippen LogP contribution in [-0.4, -0.2) is 11.3 Å². The third kappa shape index (κ3) is 3.17. The zero-order valence-electron chi connectivity index (χ0n) is 6.43. The van der Waals surface area contributed by atoms with Crippen LogP contribution >= 0.6 is 23.2 Å². The Morgan fingerprint density at radius 2 is 1.92 bits per heavy atom. The Balaban J connectivity index is 2.67. The lowest BCUT2D eigenvalue weighted by Crippen LogP contribution is -1.93. The average Bonchev–Trinajstić information content (AvgIpc) is 2.16. The minimum atomic E-state index is -0.258. The number of halogens is 2. The Morgan fingerprint density at radius 3 is 2.50 bits per heavy atom. The molecule has 1 aromatic rings. The van der Waals surface area contributed by atoms with Crippen molar-refractivity contribution in [2.24, 2.45) is 0 Å². The second kappa shape index (κ2) is 5.09. The van der Waals surface area contributed by atoms with Crippen LogP contribution in [0.1, 0.15) is 5.56 Å².